The van der Waals surface area contributed by atoms with Crippen molar-refractivity contribution in [2.45, 2.75) is 77.5 Å². The average Bonchev–Trinajstić information content (AvgIpc) is 3.34. The molecule has 2 aromatic rings. The maximum absolute atomic E-state index is 14.0. The molecule has 3 rings (SSSR count). The number of hydrogen-bond acceptors (Lipinski definition) is 6. The number of hydrogen-bond donors (Lipinski definition) is 1. The highest BCUT2D eigenvalue weighted by atomic mass is 35.5. The van der Waals surface area contributed by atoms with Crippen LogP contribution < -0.4 is 5.32 Å². The molecule has 3 amide bonds. The number of unbranched alkanes of at least 4 members (excludes halogenated alkanes) is 1. The highest BCUT2D eigenvalue weighted by Gasteiger charge is 2.49. The molecular weight excluding hydrogens is 527 g/mol. The number of alkyl halides is 1. The zero-order valence-electron chi connectivity index (χ0n) is 23.2. The normalized spacial score (nSPS) is 15.9. The summed E-state index contributed by atoms with van der Waals surface area (Å²) < 4.78 is 20.2. The Bertz CT molecular complexity index is 1140. The number of halogens is 2. The molecule has 0 radical (unpaired) electrons. The fraction of sp³-hybridized carbons (Fsp3) is 0.593. The summed E-state index contributed by atoms with van der Waals surface area (Å²) in [6.45, 7) is 10.1. The molecule has 39 heavy (non-hydrogen) atoms. The molecule has 214 valence electrons. The first-order valence-corrected chi connectivity index (χ1v) is 13.8. The van der Waals surface area contributed by atoms with Gasteiger partial charge in [0.25, 0.3) is 0 Å². The third-order valence-corrected chi connectivity index (χ3v) is 6.97. The number of rotatable bonds is 9. The Balaban J connectivity index is 1.82. The minimum atomic E-state index is -1.17. The third-order valence-electron chi connectivity index (χ3n) is 6.74. The highest BCUT2D eigenvalue weighted by molar-refractivity contribution is 6.27. The molecule has 1 aliphatic heterocycles. The standard InChI is InChI=1S/C27H38ClFN6O4/c1-6-7-12-34(23(36)15-28)27(10-13-33(14-11-27)25(38)39-26(3,4)5)24(37)32-19(2)20-8-9-22(30-16-20)35-18-21(29)17-31-35/h8-9,16-19H,6-7,10-15H2,1-5H3,(H,32,37). The lowest BCUT2D eigenvalue weighted by molar-refractivity contribution is -0.150. The molecule has 0 spiro atoms. The maximum Gasteiger partial charge on any atom is 0.410 e. The number of aromatic nitrogens is 3. The van der Waals surface area contributed by atoms with Crippen molar-refractivity contribution < 1.29 is 23.5 Å². The fourth-order valence-electron chi connectivity index (χ4n) is 4.60. The molecule has 12 heteroatoms. The van der Waals surface area contributed by atoms with Gasteiger partial charge in [0.1, 0.15) is 17.0 Å². The lowest BCUT2D eigenvalue weighted by Crippen LogP contribution is -2.65. The topological polar surface area (TPSA) is 110 Å². The average molecular weight is 565 g/mol. The van der Waals surface area contributed by atoms with Crippen LogP contribution in [0.2, 0.25) is 0 Å². The van der Waals surface area contributed by atoms with Crippen LogP contribution in [-0.4, -0.2) is 79.1 Å². The van der Waals surface area contributed by atoms with Gasteiger partial charge in [-0.3, -0.25) is 9.59 Å². The maximum atomic E-state index is 14.0. The number of pyridine rings is 1. The third kappa shape index (κ3) is 7.46. The quantitative estimate of drug-likeness (QED) is 0.457. The van der Waals surface area contributed by atoms with Crippen LogP contribution in [0, 0.1) is 5.82 Å². The van der Waals surface area contributed by atoms with Gasteiger partial charge in [-0.05, 0) is 58.6 Å². The van der Waals surface area contributed by atoms with Crippen LogP contribution in [0.15, 0.2) is 30.7 Å². The van der Waals surface area contributed by atoms with Crippen LogP contribution in [0.25, 0.3) is 5.82 Å². The molecule has 1 atom stereocenters. The van der Waals surface area contributed by atoms with Crippen molar-refractivity contribution in [3.63, 3.8) is 0 Å². The second-order valence-electron chi connectivity index (χ2n) is 10.8. The van der Waals surface area contributed by atoms with E-state index in [2.05, 4.69) is 15.4 Å². The molecule has 0 aromatic carbocycles. The predicted octanol–water partition coefficient (Wildman–Crippen LogP) is 4.22. The smallest absolute Gasteiger partial charge is 0.410 e. The summed E-state index contributed by atoms with van der Waals surface area (Å²) >= 11 is 5.99. The number of nitrogens with zero attached hydrogens (tertiary/aromatic N) is 5. The minimum absolute atomic E-state index is 0.247. The summed E-state index contributed by atoms with van der Waals surface area (Å²) in [6.07, 6.45) is 5.51. The Morgan fingerprint density at radius 2 is 1.92 bits per heavy atom. The van der Waals surface area contributed by atoms with Gasteiger partial charge in [0, 0.05) is 25.8 Å². The van der Waals surface area contributed by atoms with E-state index in [1.807, 2.05) is 13.8 Å². The summed E-state index contributed by atoms with van der Waals surface area (Å²) in [6, 6.07) is 3.03. The number of amides is 3. The molecule has 1 N–H and O–H groups in total. The first-order chi connectivity index (χ1) is 18.4. The van der Waals surface area contributed by atoms with Crippen LogP contribution in [0.5, 0.6) is 0 Å². The summed E-state index contributed by atoms with van der Waals surface area (Å²) in [5.41, 5.74) is -1.09. The SMILES string of the molecule is CCCCN(C(=O)CCl)C1(C(=O)NC(C)c2ccc(-n3cc(F)cn3)nc2)CCN(C(=O)OC(C)(C)C)CC1. The van der Waals surface area contributed by atoms with Crippen LogP contribution in [0.1, 0.15) is 71.9 Å². The van der Waals surface area contributed by atoms with E-state index in [9.17, 15) is 18.8 Å². The lowest BCUT2D eigenvalue weighted by Gasteiger charge is -2.47. The van der Waals surface area contributed by atoms with Gasteiger partial charge in [0.15, 0.2) is 11.6 Å². The van der Waals surface area contributed by atoms with E-state index >= 15 is 0 Å². The first-order valence-electron chi connectivity index (χ1n) is 13.2. The molecular formula is C27H38ClFN6O4. The van der Waals surface area contributed by atoms with Gasteiger partial charge in [-0.25, -0.2) is 18.9 Å². The number of carbonyl (C=O) groups is 3. The van der Waals surface area contributed by atoms with Crippen molar-refractivity contribution in [2.75, 3.05) is 25.5 Å². The fourth-order valence-corrected chi connectivity index (χ4v) is 4.74. The largest absolute Gasteiger partial charge is 0.444 e. The van der Waals surface area contributed by atoms with Crippen LogP contribution in [0.3, 0.4) is 0 Å². The summed E-state index contributed by atoms with van der Waals surface area (Å²) in [5.74, 6) is -0.916. The van der Waals surface area contributed by atoms with Crippen molar-refractivity contribution in [2.24, 2.45) is 0 Å². The summed E-state index contributed by atoms with van der Waals surface area (Å²) in [7, 11) is 0. The van der Waals surface area contributed by atoms with Crippen molar-refractivity contribution in [1.29, 1.82) is 0 Å². The monoisotopic (exact) mass is 564 g/mol. The summed E-state index contributed by atoms with van der Waals surface area (Å²) in [5, 5.41) is 6.97. The predicted molar refractivity (Wildman–Crippen MR) is 145 cm³/mol. The Morgan fingerprint density at radius 1 is 1.23 bits per heavy atom. The van der Waals surface area contributed by atoms with E-state index in [0.717, 1.165) is 18.2 Å². The molecule has 1 fully saturated rings. The van der Waals surface area contributed by atoms with Crippen LogP contribution in [-0.2, 0) is 14.3 Å². The molecule has 0 bridgehead atoms. The van der Waals surface area contributed by atoms with Crippen molar-refractivity contribution in [3.8, 4) is 5.82 Å². The van der Waals surface area contributed by atoms with Gasteiger partial charge >= 0.3 is 6.09 Å². The zero-order chi connectivity index (χ0) is 28.8. The van der Waals surface area contributed by atoms with Crippen LogP contribution in [0.4, 0.5) is 9.18 Å². The van der Waals surface area contributed by atoms with E-state index in [4.69, 9.17) is 16.3 Å². The van der Waals surface area contributed by atoms with E-state index in [1.54, 1.807) is 48.9 Å². The van der Waals surface area contributed by atoms with E-state index < -0.39 is 29.1 Å². The van der Waals surface area contributed by atoms with Gasteiger partial charge in [-0.1, -0.05) is 19.4 Å². The Labute approximate surface area is 233 Å². The van der Waals surface area contributed by atoms with Gasteiger partial charge < -0.3 is 19.9 Å². The van der Waals surface area contributed by atoms with E-state index in [0.29, 0.717) is 18.8 Å². The molecule has 10 nitrogen and oxygen atoms in total. The Morgan fingerprint density at radius 3 is 2.44 bits per heavy atom. The summed E-state index contributed by atoms with van der Waals surface area (Å²) in [4.78, 5) is 47.2. The van der Waals surface area contributed by atoms with Gasteiger partial charge in [-0.2, -0.15) is 5.10 Å². The van der Waals surface area contributed by atoms with E-state index in [-0.39, 0.29) is 43.6 Å². The van der Waals surface area contributed by atoms with Gasteiger partial charge in [0.2, 0.25) is 11.8 Å². The molecule has 0 aliphatic carbocycles. The molecule has 1 unspecified atom stereocenters. The van der Waals surface area contributed by atoms with Crippen molar-refractivity contribution in [3.05, 3.63) is 42.1 Å². The number of likely N-dealkylation sites (tertiary alicyclic amines) is 1. The second kappa shape index (κ2) is 12.8. The Hall–Kier alpha value is -3.21. The Kier molecular flexibility index (Phi) is 9.93. The first kappa shape index (κ1) is 30.3. The number of carbonyl (C=O) groups excluding carboxylic acids is 3. The van der Waals surface area contributed by atoms with Gasteiger partial charge in [0.05, 0.1) is 18.4 Å². The highest BCUT2D eigenvalue weighted by Crippen LogP contribution is 2.32. The molecule has 0 saturated carbocycles. The van der Waals surface area contributed by atoms with E-state index in [1.165, 1.54) is 10.9 Å². The number of piperidine rings is 1. The van der Waals surface area contributed by atoms with Crippen molar-refractivity contribution >= 4 is 29.5 Å². The lowest BCUT2D eigenvalue weighted by atomic mass is 9.83. The molecule has 1 saturated heterocycles. The van der Waals surface area contributed by atoms with Crippen LogP contribution >= 0.6 is 11.6 Å². The number of nitrogens with one attached hydrogen (secondary N) is 1. The molecule has 2 aromatic heterocycles. The second-order valence-corrected chi connectivity index (χ2v) is 11.0. The molecule has 3 heterocycles. The molecule has 1 aliphatic rings. The minimum Gasteiger partial charge on any atom is -0.444 e. The van der Waals surface area contributed by atoms with Gasteiger partial charge in [-0.15, -0.1) is 11.6 Å². The van der Waals surface area contributed by atoms with Crippen molar-refractivity contribution in [1.82, 2.24) is 29.9 Å². The zero-order valence-corrected chi connectivity index (χ0v) is 24.0. The number of ether oxygens (including phenoxy) is 1.